The van der Waals surface area contributed by atoms with E-state index in [1.165, 1.54) is 53.1 Å². The second-order valence-corrected chi connectivity index (χ2v) is 14.2. The van der Waals surface area contributed by atoms with E-state index in [1.807, 2.05) is 35.6 Å². The molecule has 0 radical (unpaired) electrons. The molecule has 1 aliphatic heterocycles. The van der Waals surface area contributed by atoms with Crippen LogP contribution in [0.15, 0.2) is 180 Å². The van der Waals surface area contributed by atoms with Crippen molar-refractivity contribution in [2.24, 2.45) is 9.98 Å². The average molecular weight is 673 g/mol. The van der Waals surface area contributed by atoms with Crippen molar-refractivity contribution in [1.29, 1.82) is 0 Å². The van der Waals surface area contributed by atoms with Crippen LogP contribution in [0, 0.1) is 0 Å². The second-order valence-electron chi connectivity index (χ2n) is 13.1. The first-order valence-corrected chi connectivity index (χ1v) is 18.1. The van der Waals surface area contributed by atoms with Gasteiger partial charge in [0.1, 0.15) is 5.84 Å². The third-order valence-corrected chi connectivity index (χ3v) is 11.2. The van der Waals surface area contributed by atoms with Crippen molar-refractivity contribution < 1.29 is 0 Å². The SMILES string of the molecule is CN1C(c2ccccc2)=NC(c2ccccc2)=NC1c1ccc2c(c1)c1cc(-c3ccc4sc5ccccc5c4c3)ccc1n2-c1ccccc1. The number of hydrogen-bond acceptors (Lipinski definition) is 4. The van der Waals surface area contributed by atoms with E-state index in [2.05, 4.69) is 162 Å². The summed E-state index contributed by atoms with van der Waals surface area (Å²) in [5.74, 6) is 1.64. The van der Waals surface area contributed by atoms with E-state index >= 15 is 0 Å². The summed E-state index contributed by atoms with van der Waals surface area (Å²) in [5.41, 5.74) is 9.09. The first kappa shape index (κ1) is 29.6. The fourth-order valence-corrected chi connectivity index (χ4v) is 8.63. The zero-order valence-electron chi connectivity index (χ0n) is 27.9. The predicted octanol–water partition coefficient (Wildman–Crippen LogP) is 11.7. The molecule has 5 heteroatoms. The highest BCUT2D eigenvalue weighted by molar-refractivity contribution is 7.25. The molecule has 51 heavy (non-hydrogen) atoms. The molecular formula is C46H32N4S. The van der Waals surface area contributed by atoms with E-state index in [0.717, 1.165) is 34.0 Å². The molecule has 0 N–H and O–H groups in total. The molecule has 1 unspecified atom stereocenters. The molecule has 0 spiro atoms. The van der Waals surface area contributed by atoms with Crippen LogP contribution in [0.25, 0.3) is 58.8 Å². The minimum absolute atomic E-state index is 0.259. The van der Waals surface area contributed by atoms with Gasteiger partial charge in [0.25, 0.3) is 0 Å². The van der Waals surface area contributed by atoms with Crippen molar-refractivity contribution in [2.45, 2.75) is 6.17 Å². The van der Waals surface area contributed by atoms with Gasteiger partial charge in [-0.2, -0.15) is 0 Å². The lowest BCUT2D eigenvalue weighted by Gasteiger charge is -2.32. The lowest BCUT2D eigenvalue weighted by Crippen LogP contribution is -2.35. The number of hydrogen-bond donors (Lipinski definition) is 0. The minimum atomic E-state index is -0.259. The Bertz CT molecular complexity index is 2810. The number of thiophene rings is 1. The van der Waals surface area contributed by atoms with Crippen molar-refractivity contribution in [3.8, 4) is 16.8 Å². The van der Waals surface area contributed by atoms with E-state index in [-0.39, 0.29) is 6.17 Å². The summed E-state index contributed by atoms with van der Waals surface area (Å²) in [5, 5.41) is 5.04. The number of fused-ring (bicyclic) bond motifs is 6. The van der Waals surface area contributed by atoms with E-state index in [0.29, 0.717) is 0 Å². The molecule has 7 aromatic carbocycles. The Morgan fingerprint density at radius 2 is 1.08 bits per heavy atom. The molecule has 4 nitrogen and oxygen atoms in total. The quantitative estimate of drug-likeness (QED) is 0.179. The highest BCUT2D eigenvalue weighted by atomic mass is 32.1. The maximum absolute atomic E-state index is 5.29. The Morgan fingerprint density at radius 3 is 1.84 bits per heavy atom. The van der Waals surface area contributed by atoms with E-state index < -0.39 is 0 Å². The van der Waals surface area contributed by atoms with Gasteiger partial charge < -0.3 is 9.47 Å². The van der Waals surface area contributed by atoms with Crippen molar-refractivity contribution in [3.63, 3.8) is 0 Å². The zero-order chi connectivity index (χ0) is 33.9. The highest BCUT2D eigenvalue weighted by Gasteiger charge is 2.27. The fourth-order valence-electron chi connectivity index (χ4n) is 7.55. The molecule has 0 aliphatic carbocycles. The Hall–Kier alpha value is -6.30. The Morgan fingerprint density at radius 1 is 0.490 bits per heavy atom. The summed E-state index contributed by atoms with van der Waals surface area (Å²) in [7, 11) is 2.10. The van der Waals surface area contributed by atoms with Gasteiger partial charge in [-0.05, 0) is 71.3 Å². The van der Waals surface area contributed by atoms with Crippen LogP contribution in [0.2, 0.25) is 0 Å². The summed E-state index contributed by atoms with van der Waals surface area (Å²) in [6.45, 7) is 0. The number of rotatable bonds is 5. The third-order valence-electron chi connectivity index (χ3n) is 10.0. The van der Waals surface area contributed by atoms with Gasteiger partial charge in [-0.3, -0.25) is 0 Å². The minimum Gasteiger partial charge on any atom is -0.333 e. The fraction of sp³-hybridized carbons (Fsp3) is 0.0435. The van der Waals surface area contributed by atoms with E-state index in [4.69, 9.17) is 9.98 Å². The summed E-state index contributed by atoms with van der Waals surface area (Å²) in [6.07, 6.45) is -0.259. The summed E-state index contributed by atoms with van der Waals surface area (Å²) in [6, 6.07) is 60.7. The first-order chi connectivity index (χ1) is 25.2. The summed E-state index contributed by atoms with van der Waals surface area (Å²) < 4.78 is 5.02. The van der Waals surface area contributed by atoms with Gasteiger partial charge in [-0.15, -0.1) is 11.3 Å². The van der Waals surface area contributed by atoms with E-state index in [1.54, 1.807) is 0 Å². The van der Waals surface area contributed by atoms with Crippen LogP contribution < -0.4 is 0 Å². The molecule has 0 bridgehead atoms. The number of aromatic nitrogens is 1. The van der Waals surface area contributed by atoms with Crippen LogP contribution in [-0.4, -0.2) is 28.2 Å². The smallest absolute Gasteiger partial charge is 0.159 e. The van der Waals surface area contributed by atoms with Crippen LogP contribution in [0.3, 0.4) is 0 Å². The van der Waals surface area contributed by atoms with Crippen molar-refractivity contribution in [2.75, 3.05) is 7.05 Å². The van der Waals surface area contributed by atoms with Crippen molar-refractivity contribution in [1.82, 2.24) is 9.47 Å². The first-order valence-electron chi connectivity index (χ1n) is 17.2. The topological polar surface area (TPSA) is 32.9 Å². The highest BCUT2D eigenvalue weighted by Crippen LogP contribution is 2.40. The van der Waals surface area contributed by atoms with Gasteiger partial charge in [-0.1, -0.05) is 115 Å². The number of amidine groups is 2. The second kappa shape index (κ2) is 11.9. The Balaban J connectivity index is 1.17. The number of benzene rings is 7. The lowest BCUT2D eigenvalue weighted by molar-refractivity contribution is 0.383. The zero-order valence-corrected chi connectivity index (χ0v) is 28.8. The molecule has 242 valence electrons. The van der Waals surface area contributed by atoms with Gasteiger partial charge in [0, 0.05) is 54.8 Å². The van der Waals surface area contributed by atoms with Gasteiger partial charge in [0.15, 0.2) is 12.0 Å². The molecule has 1 atom stereocenters. The average Bonchev–Trinajstić information content (AvgIpc) is 3.73. The largest absolute Gasteiger partial charge is 0.333 e. The Labute approximate surface area is 299 Å². The molecule has 3 heterocycles. The summed E-state index contributed by atoms with van der Waals surface area (Å²) in [4.78, 5) is 12.6. The van der Waals surface area contributed by atoms with Crippen LogP contribution in [0.4, 0.5) is 0 Å². The molecular weight excluding hydrogens is 641 g/mol. The molecule has 0 saturated heterocycles. The molecule has 2 aromatic heterocycles. The number of aliphatic imine (C=N–C) groups is 2. The van der Waals surface area contributed by atoms with E-state index in [9.17, 15) is 0 Å². The molecule has 9 aromatic rings. The standard InChI is InChI=1S/C46H32N4S/c1-49-45(31-15-7-3-8-16-31)47-44(30-13-5-2-6-14-30)48-46(49)34-22-25-41-38(29-34)37-27-32(21-24-40(37)50(41)35-17-9-4-10-18-35)33-23-26-43-39(28-33)36-19-11-12-20-42(36)51-43/h2-29,46H,1H3. The van der Waals surface area contributed by atoms with Crippen LogP contribution >= 0.6 is 11.3 Å². The Kier molecular flexibility index (Phi) is 6.93. The molecule has 0 fully saturated rings. The van der Waals surface area contributed by atoms with Crippen LogP contribution in [-0.2, 0) is 0 Å². The number of para-hydroxylation sites is 1. The van der Waals surface area contributed by atoms with Gasteiger partial charge >= 0.3 is 0 Å². The van der Waals surface area contributed by atoms with Gasteiger partial charge in [0.05, 0.1) is 11.0 Å². The van der Waals surface area contributed by atoms with Gasteiger partial charge in [-0.25, -0.2) is 9.98 Å². The molecule has 0 saturated carbocycles. The lowest BCUT2D eigenvalue weighted by atomic mass is 10.00. The maximum Gasteiger partial charge on any atom is 0.159 e. The normalized spacial score (nSPS) is 14.8. The maximum atomic E-state index is 5.29. The number of nitrogens with zero attached hydrogens (tertiary/aromatic N) is 4. The van der Waals surface area contributed by atoms with Crippen LogP contribution in [0.1, 0.15) is 22.9 Å². The van der Waals surface area contributed by atoms with Crippen molar-refractivity contribution in [3.05, 3.63) is 187 Å². The van der Waals surface area contributed by atoms with Crippen LogP contribution in [0.5, 0.6) is 0 Å². The third kappa shape index (κ3) is 4.97. The molecule has 1 aliphatic rings. The molecule has 0 amide bonds. The van der Waals surface area contributed by atoms with Gasteiger partial charge in [0.2, 0.25) is 0 Å². The monoisotopic (exact) mass is 672 g/mol. The molecule has 10 rings (SSSR count). The summed E-state index contributed by atoms with van der Waals surface area (Å²) >= 11 is 1.86. The van der Waals surface area contributed by atoms with Crippen molar-refractivity contribution >= 4 is 65.0 Å². The predicted molar refractivity (Wildman–Crippen MR) is 216 cm³/mol.